The summed E-state index contributed by atoms with van der Waals surface area (Å²) in [6, 6.07) is 6.64. The van der Waals surface area contributed by atoms with E-state index in [9.17, 15) is 18.4 Å². The molecule has 2 N–H and O–H groups in total. The fourth-order valence-electron chi connectivity index (χ4n) is 2.73. The van der Waals surface area contributed by atoms with E-state index in [2.05, 4.69) is 10.6 Å². The Morgan fingerprint density at radius 2 is 1.96 bits per heavy atom. The largest absolute Gasteiger partial charge is 0.444 e. The maximum Gasteiger partial charge on any atom is 0.408 e. The highest BCUT2D eigenvalue weighted by atomic mass is 32.2. The summed E-state index contributed by atoms with van der Waals surface area (Å²) < 4.78 is 29.8. The number of rotatable bonds is 5. The molecule has 0 saturated carbocycles. The van der Waals surface area contributed by atoms with Crippen molar-refractivity contribution in [3.8, 4) is 0 Å². The van der Waals surface area contributed by atoms with Gasteiger partial charge < -0.3 is 15.4 Å². The molecule has 0 radical (unpaired) electrons. The molecule has 0 bridgehead atoms. The molecule has 1 aliphatic carbocycles. The maximum atomic E-state index is 12.2. The van der Waals surface area contributed by atoms with Gasteiger partial charge in [-0.25, -0.2) is 4.79 Å². The number of alkyl halides is 2. The van der Waals surface area contributed by atoms with Crippen LogP contribution in [0.3, 0.4) is 0 Å². The third-order valence-electron chi connectivity index (χ3n) is 3.59. The van der Waals surface area contributed by atoms with Crippen molar-refractivity contribution in [2.24, 2.45) is 0 Å². The molecule has 0 unspecified atom stereocenters. The Labute approximate surface area is 149 Å². The molecular formula is C17H22F2N2O3S. The Kier molecular flexibility index (Phi) is 6.26. The summed E-state index contributed by atoms with van der Waals surface area (Å²) in [5, 5.41) is 5.52. The SMILES string of the molecule is CC(C)(C)OC(=O)N[C@@H]1c2ccccc2C[C@H]1NC(=O)CSC(F)F. The standard InChI is InChI=1S/C17H22F2N2O3S/c1-17(2,3)24-16(23)21-14-11-7-5-4-6-10(11)8-12(14)20-13(22)9-25-15(18)19/h4-7,12,14-15H,8-9H2,1-3H3,(H,20,22)(H,21,23)/t12-,14-/m1/s1. The number of nitrogens with one attached hydrogen (secondary N) is 2. The number of hydrogen-bond acceptors (Lipinski definition) is 4. The van der Waals surface area contributed by atoms with Crippen LogP contribution < -0.4 is 10.6 Å². The number of thioether (sulfide) groups is 1. The van der Waals surface area contributed by atoms with E-state index in [0.29, 0.717) is 6.42 Å². The van der Waals surface area contributed by atoms with Crippen molar-refractivity contribution in [1.82, 2.24) is 10.6 Å². The van der Waals surface area contributed by atoms with E-state index in [1.807, 2.05) is 24.3 Å². The van der Waals surface area contributed by atoms with Crippen LogP contribution in [0.5, 0.6) is 0 Å². The predicted molar refractivity (Wildman–Crippen MR) is 92.6 cm³/mol. The second-order valence-electron chi connectivity index (χ2n) is 6.77. The van der Waals surface area contributed by atoms with Gasteiger partial charge in [-0.3, -0.25) is 4.79 Å². The summed E-state index contributed by atoms with van der Waals surface area (Å²) in [5.41, 5.74) is 1.24. The number of halogens is 2. The fraction of sp³-hybridized carbons (Fsp3) is 0.529. The van der Waals surface area contributed by atoms with Gasteiger partial charge in [0.2, 0.25) is 5.91 Å². The molecule has 0 fully saturated rings. The van der Waals surface area contributed by atoms with Gasteiger partial charge in [-0.05, 0) is 38.3 Å². The Bertz CT molecular complexity index is 635. The summed E-state index contributed by atoms with van der Waals surface area (Å²) in [7, 11) is 0. The van der Waals surface area contributed by atoms with E-state index < -0.39 is 35.4 Å². The minimum atomic E-state index is -2.60. The van der Waals surface area contributed by atoms with E-state index in [0.717, 1.165) is 11.1 Å². The molecule has 2 atom stereocenters. The van der Waals surface area contributed by atoms with Crippen LogP contribution in [0.1, 0.15) is 37.9 Å². The molecule has 0 spiro atoms. The Morgan fingerprint density at radius 1 is 1.28 bits per heavy atom. The number of alkyl carbamates (subject to hydrolysis) is 1. The van der Waals surface area contributed by atoms with Gasteiger partial charge in [-0.15, -0.1) is 0 Å². The second kappa shape index (κ2) is 8.03. The molecule has 1 aromatic carbocycles. The lowest BCUT2D eigenvalue weighted by Crippen LogP contribution is -2.46. The summed E-state index contributed by atoms with van der Waals surface area (Å²) in [6.45, 7) is 5.28. The van der Waals surface area contributed by atoms with Gasteiger partial charge in [-0.2, -0.15) is 8.78 Å². The molecule has 25 heavy (non-hydrogen) atoms. The molecule has 0 aromatic heterocycles. The molecule has 0 aliphatic heterocycles. The number of ether oxygens (including phenoxy) is 1. The molecule has 2 rings (SSSR count). The van der Waals surface area contributed by atoms with Crippen molar-refractivity contribution >= 4 is 23.8 Å². The van der Waals surface area contributed by atoms with Crippen molar-refractivity contribution < 1.29 is 23.1 Å². The lowest BCUT2D eigenvalue weighted by atomic mass is 10.1. The van der Waals surface area contributed by atoms with Gasteiger partial charge in [-0.1, -0.05) is 36.0 Å². The lowest BCUT2D eigenvalue weighted by Gasteiger charge is -2.26. The van der Waals surface area contributed by atoms with E-state index in [1.165, 1.54) is 0 Å². The Hall–Kier alpha value is -1.83. The van der Waals surface area contributed by atoms with E-state index >= 15 is 0 Å². The van der Waals surface area contributed by atoms with E-state index in [-0.39, 0.29) is 17.5 Å². The number of fused-ring (bicyclic) bond motifs is 1. The van der Waals surface area contributed by atoms with Crippen molar-refractivity contribution in [1.29, 1.82) is 0 Å². The normalized spacial score (nSPS) is 19.4. The van der Waals surface area contributed by atoms with E-state index in [4.69, 9.17) is 4.74 Å². The summed E-state index contributed by atoms with van der Waals surface area (Å²) >= 11 is 0.272. The van der Waals surface area contributed by atoms with Crippen LogP contribution in [-0.2, 0) is 16.0 Å². The van der Waals surface area contributed by atoms with Crippen LogP contribution in [0.4, 0.5) is 13.6 Å². The van der Waals surface area contributed by atoms with Crippen LogP contribution in [0.15, 0.2) is 24.3 Å². The molecule has 2 amide bonds. The third kappa shape index (κ3) is 5.88. The zero-order valence-corrected chi connectivity index (χ0v) is 15.2. The Balaban J connectivity index is 2.07. The van der Waals surface area contributed by atoms with Crippen LogP contribution >= 0.6 is 11.8 Å². The van der Waals surface area contributed by atoms with Crippen molar-refractivity contribution in [2.75, 3.05) is 5.75 Å². The molecular weight excluding hydrogens is 350 g/mol. The molecule has 5 nitrogen and oxygen atoms in total. The average Bonchev–Trinajstić information content (AvgIpc) is 2.81. The number of carbonyl (C=O) groups excluding carboxylic acids is 2. The molecule has 8 heteroatoms. The van der Waals surface area contributed by atoms with Gasteiger partial charge in [0.05, 0.1) is 17.8 Å². The minimum absolute atomic E-state index is 0.272. The number of hydrogen-bond donors (Lipinski definition) is 2. The van der Waals surface area contributed by atoms with Crippen LogP contribution in [0, 0.1) is 0 Å². The van der Waals surface area contributed by atoms with Gasteiger partial charge in [0.15, 0.2) is 0 Å². The smallest absolute Gasteiger partial charge is 0.408 e. The van der Waals surface area contributed by atoms with Crippen molar-refractivity contribution in [2.45, 2.75) is 50.6 Å². The number of amides is 2. The molecule has 138 valence electrons. The maximum absolute atomic E-state index is 12.2. The quantitative estimate of drug-likeness (QED) is 0.833. The predicted octanol–water partition coefficient (Wildman–Crippen LogP) is 3.25. The first-order chi connectivity index (χ1) is 11.7. The average molecular weight is 372 g/mol. The summed E-state index contributed by atoms with van der Waals surface area (Å²) in [5.74, 6) is -3.41. The first-order valence-corrected chi connectivity index (χ1v) is 8.97. The first kappa shape index (κ1) is 19.5. The molecule has 1 aliphatic rings. The van der Waals surface area contributed by atoms with Crippen molar-refractivity contribution in [3.05, 3.63) is 35.4 Å². The minimum Gasteiger partial charge on any atom is -0.444 e. The Morgan fingerprint density at radius 3 is 2.60 bits per heavy atom. The van der Waals surface area contributed by atoms with Crippen LogP contribution in [0.2, 0.25) is 0 Å². The number of benzene rings is 1. The van der Waals surface area contributed by atoms with Gasteiger partial charge in [0.1, 0.15) is 5.60 Å². The monoisotopic (exact) mass is 372 g/mol. The third-order valence-corrected chi connectivity index (χ3v) is 4.27. The molecule has 0 saturated heterocycles. The first-order valence-electron chi connectivity index (χ1n) is 7.92. The zero-order valence-electron chi connectivity index (χ0n) is 14.3. The highest BCUT2D eigenvalue weighted by Gasteiger charge is 2.35. The second-order valence-corrected chi connectivity index (χ2v) is 7.75. The van der Waals surface area contributed by atoms with Crippen LogP contribution in [0.25, 0.3) is 0 Å². The van der Waals surface area contributed by atoms with Gasteiger partial charge in [0.25, 0.3) is 5.76 Å². The summed E-state index contributed by atoms with van der Waals surface area (Å²) in [6.07, 6.45) is -0.0720. The highest BCUT2D eigenvalue weighted by molar-refractivity contribution is 8.00. The molecule has 0 heterocycles. The highest BCUT2D eigenvalue weighted by Crippen LogP contribution is 2.31. The summed E-state index contributed by atoms with van der Waals surface area (Å²) in [4.78, 5) is 24.0. The van der Waals surface area contributed by atoms with E-state index in [1.54, 1.807) is 20.8 Å². The lowest BCUT2D eigenvalue weighted by molar-refractivity contribution is -0.119. The van der Waals surface area contributed by atoms with Gasteiger partial charge in [0, 0.05) is 0 Å². The molecule has 1 aromatic rings. The fourth-order valence-corrected chi connectivity index (χ4v) is 3.09. The van der Waals surface area contributed by atoms with Crippen molar-refractivity contribution in [3.63, 3.8) is 0 Å². The van der Waals surface area contributed by atoms with Gasteiger partial charge >= 0.3 is 6.09 Å². The topological polar surface area (TPSA) is 67.4 Å². The zero-order chi connectivity index (χ0) is 18.6. The van der Waals surface area contributed by atoms with Crippen LogP contribution in [-0.4, -0.2) is 35.2 Å². The number of carbonyl (C=O) groups is 2.